The number of aryl methyl sites for hydroxylation is 1. The predicted molar refractivity (Wildman–Crippen MR) is 111 cm³/mol. The Kier molecular flexibility index (Phi) is 4.77. The van der Waals surface area contributed by atoms with Crippen LogP contribution in [0.2, 0.25) is 0 Å². The minimum Gasteiger partial charge on any atom is -0.510 e. The molecule has 1 aliphatic rings. The molecule has 4 rings (SSSR count). The van der Waals surface area contributed by atoms with Crippen LogP contribution in [0.3, 0.4) is 0 Å². The smallest absolute Gasteiger partial charge is 0.135 e. The first-order valence-electron chi connectivity index (χ1n) is 8.94. The second-order valence-corrected chi connectivity index (χ2v) is 7.59. The van der Waals surface area contributed by atoms with Crippen molar-refractivity contribution >= 4 is 22.7 Å². The molecule has 0 radical (unpaired) electrons. The third-order valence-corrected chi connectivity index (χ3v) is 5.62. The van der Waals surface area contributed by atoms with Crippen LogP contribution in [0.15, 0.2) is 65.7 Å². The van der Waals surface area contributed by atoms with Gasteiger partial charge in [-0.25, -0.2) is 4.98 Å². The molecular weight excluding hydrogens is 354 g/mol. The number of aromatic nitrogens is 1. The predicted octanol–water partition coefficient (Wildman–Crippen LogP) is 4.92. The van der Waals surface area contributed by atoms with Crippen LogP contribution >= 0.6 is 11.3 Å². The maximum absolute atomic E-state index is 10.5. The fourth-order valence-corrected chi connectivity index (χ4v) is 4.10. The Morgan fingerprint density at radius 2 is 1.85 bits per heavy atom. The van der Waals surface area contributed by atoms with E-state index in [1.165, 1.54) is 22.5 Å². The number of hydrogen-bond donors (Lipinski definition) is 2. The monoisotopic (exact) mass is 375 g/mol. The Morgan fingerprint density at radius 1 is 1.11 bits per heavy atom. The van der Waals surface area contributed by atoms with Crippen LogP contribution in [-0.2, 0) is 6.42 Å². The molecular formula is C22H21N3OS. The Hall–Kier alpha value is -2.92. The Labute approximate surface area is 163 Å². The molecule has 4 nitrogen and oxygen atoms in total. The normalized spacial score (nSPS) is 14.3. The van der Waals surface area contributed by atoms with Gasteiger partial charge in [0, 0.05) is 17.5 Å². The number of aliphatic hydroxyl groups is 1. The van der Waals surface area contributed by atoms with Crippen molar-refractivity contribution in [2.45, 2.75) is 13.3 Å². The van der Waals surface area contributed by atoms with Crippen molar-refractivity contribution in [3.05, 3.63) is 81.9 Å². The highest BCUT2D eigenvalue weighted by Gasteiger charge is 2.30. The lowest BCUT2D eigenvalue weighted by molar-refractivity contribution is 0.351. The van der Waals surface area contributed by atoms with E-state index in [-0.39, 0.29) is 5.76 Å². The van der Waals surface area contributed by atoms with E-state index in [0.717, 1.165) is 17.7 Å². The summed E-state index contributed by atoms with van der Waals surface area (Å²) < 4.78 is 0. The molecule has 0 unspecified atom stereocenters. The van der Waals surface area contributed by atoms with Gasteiger partial charge in [-0.3, -0.25) is 5.41 Å². The molecule has 0 fully saturated rings. The van der Waals surface area contributed by atoms with Gasteiger partial charge in [0.2, 0.25) is 0 Å². The molecule has 2 heterocycles. The van der Waals surface area contributed by atoms with Crippen LogP contribution in [-0.4, -0.2) is 33.9 Å². The van der Waals surface area contributed by atoms with Crippen molar-refractivity contribution in [2.75, 3.05) is 13.1 Å². The first kappa shape index (κ1) is 17.5. The molecule has 136 valence electrons. The van der Waals surface area contributed by atoms with Crippen molar-refractivity contribution in [3.8, 4) is 11.3 Å². The van der Waals surface area contributed by atoms with Crippen LogP contribution < -0.4 is 0 Å². The Balaban J connectivity index is 1.49. The number of amidine groups is 1. The highest BCUT2D eigenvalue weighted by Crippen LogP contribution is 2.32. The number of nitrogens with one attached hydrogen (secondary N) is 1. The summed E-state index contributed by atoms with van der Waals surface area (Å²) in [5.41, 5.74) is 4.93. The molecule has 0 aliphatic carbocycles. The van der Waals surface area contributed by atoms with Gasteiger partial charge in [-0.2, -0.15) is 0 Å². The van der Waals surface area contributed by atoms with E-state index in [9.17, 15) is 5.11 Å². The lowest BCUT2D eigenvalue weighted by Gasteiger charge is -2.18. The SMILES string of the molecule is Cc1ccc(-c2csc(C3=C(O)CN(CCc4ccccc4)C3=N)n2)cc1. The Bertz CT molecular complexity index is 990. The van der Waals surface area contributed by atoms with Gasteiger partial charge >= 0.3 is 0 Å². The first-order chi connectivity index (χ1) is 13.1. The zero-order valence-electron chi connectivity index (χ0n) is 15.1. The van der Waals surface area contributed by atoms with E-state index in [2.05, 4.69) is 48.3 Å². The van der Waals surface area contributed by atoms with Crippen LogP contribution in [0, 0.1) is 12.3 Å². The summed E-state index contributed by atoms with van der Waals surface area (Å²) in [5, 5.41) is 21.7. The van der Waals surface area contributed by atoms with Gasteiger partial charge in [-0.15, -0.1) is 11.3 Å². The minimum atomic E-state index is 0.234. The summed E-state index contributed by atoms with van der Waals surface area (Å²) in [6.45, 7) is 3.13. The highest BCUT2D eigenvalue weighted by molar-refractivity contribution is 7.11. The fraction of sp³-hybridized carbons (Fsp3) is 0.182. The summed E-state index contributed by atoms with van der Waals surface area (Å²) in [5.74, 6) is 0.589. The number of hydrogen-bond acceptors (Lipinski definition) is 4. The van der Waals surface area contributed by atoms with Crippen molar-refractivity contribution in [1.29, 1.82) is 5.41 Å². The molecule has 0 bridgehead atoms. The Morgan fingerprint density at radius 3 is 2.59 bits per heavy atom. The van der Waals surface area contributed by atoms with Gasteiger partial charge in [-0.1, -0.05) is 60.2 Å². The van der Waals surface area contributed by atoms with Crippen LogP contribution in [0.5, 0.6) is 0 Å². The largest absolute Gasteiger partial charge is 0.510 e. The molecule has 27 heavy (non-hydrogen) atoms. The second kappa shape index (κ2) is 7.37. The molecule has 2 aromatic carbocycles. The molecule has 2 N–H and O–H groups in total. The average Bonchev–Trinajstić information content (AvgIpc) is 3.26. The molecule has 0 spiro atoms. The quantitative estimate of drug-likeness (QED) is 0.665. The van der Waals surface area contributed by atoms with E-state index in [0.29, 0.717) is 29.5 Å². The molecule has 0 atom stereocenters. The summed E-state index contributed by atoms with van der Waals surface area (Å²) in [6, 6.07) is 18.4. The van der Waals surface area contributed by atoms with Crippen molar-refractivity contribution in [2.24, 2.45) is 0 Å². The van der Waals surface area contributed by atoms with Gasteiger partial charge in [0.1, 0.15) is 16.6 Å². The van der Waals surface area contributed by atoms with E-state index >= 15 is 0 Å². The minimum absolute atomic E-state index is 0.234. The summed E-state index contributed by atoms with van der Waals surface area (Å²) >= 11 is 1.47. The molecule has 0 saturated carbocycles. The van der Waals surface area contributed by atoms with Gasteiger partial charge in [0.25, 0.3) is 0 Å². The van der Waals surface area contributed by atoms with Gasteiger partial charge in [0.05, 0.1) is 17.8 Å². The number of benzene rings is 2. The lowest BCUT2D eigenvalue weighted by atomic mass is 10.1. The zero-order valence-corrected chi connectivity index (χ0v) is 16.0. The molecule has 1 aromatic heterocycles. The van der Waals surface area contributed by atoms with Crippen molar-refractivity contribution in [1.82, 2.24) is 9.88 Å². The first-order valence-corrected chi connectivity index (χ1v) is 9.82. The topological polar surface area (TPSA) is 60.2 Å². The third kappa shape index (κ3) is 3.64. The highest BCUT2D eigenvalue weighted by atomic mass is 32.1. The van der Waals surface area contributed by atoms with E-state index in [1.807, 2.05) is 28.5 Å². The van der Waals surface area contributed by atoms with Gasteiger partial charge in [0.15, 0.2) is 0 Å². The molecule has 1 aliphatic heterocycles. The summed E-state index contributed by atoms with van der Waals surface area (Å²) in [6.07, 6.45) is 0.844. The maximum Gasteiger partial charge on any atom is 0.135 e. The molecule has 5 heteroatoms. The molecule has 0 amide bonds. The molecule has 3 aromatic rings. The fourth-order valence-electron chi connectivity index (χ4n) is 3.20. The zero-order chi connectivity index (χ0) is 18.8. The average molecular weight is 375 g/mol. The van der Waals surface area contributed by atoms with Crippen LogP contribution in [0.1, 0.15) is 16.1 Å². The van der Waals surface area contributed by atoms with E-state index in [4.69, 9.17) is 5.41 Å². The van der Waals surface area contributed by atoms with Crippen LogP contribution in [0.25, 0.3) is 16.8 Å². The van der Waals surface area contributed by atoms with E-state index < -0.39 is 0 Å². The third-order valence-electron chi connectivity index (χ3n) is 4.76. The number of thiazole rings is 1. The van der Waals surface area contributed by atoms with Crippen LogP contribution in [0.4, 0.5) is 0 Å². The van der Waals surface area contributed by atoms with Gasteiger partial charge < -0.3 is 10.0 Å². The maximum atomic E-state index is 10.5. The molecule has 0 saturated heterocycles. The standard InChI is InChI=1S/C22H21N3OS/c1-15-7-9-17(10-8-15)18-14-27-22(24-18)20-19(26)13-25(21(20)23)12-11-16-5-3-2-4-6-16/h2-10,14,23,26H,11-13H2,1H3. The van der Waals surface area contributed by atoms with Crippen molar-refractivity contribution in [3.63, 3.8) is 0 Å². The van der Waals surface area contributed by atoms with Gasteiger partial charge in [-0.05, 0) is 18.9 Å². The number of rotatable bonds is 5. The number of aliphatic hydroxyl groups excluding tert-OH is 1. The summed E-state index contributed by atoms with van der Waals surface area (Å²) in [4.78, 5) is 6.59. The summed E-state index contributed by atoms with van der Waals surface area (Å²) in [7, 11) is 0. The second-order valence-electron chi connectivity index (χ2n) is 6.73. The lowest BCUT2D eigenvalue weighted by Crippen LogP contribution is -2.28. The van der Waals surface area contributed by atoms with E-state index in [1.54, 1.807) is 0 Å². The number of nitrogens with zero attached hydrogens (tertiary/aromatic N) is 2. The van der Waals surface area contributed by atoms with Crippen molar-refractivity contribution < 1.29 is 5.11 Å².